The average Bonchev–Trinajstić information content (AvgIpc) is 3.79. The molecule has 3 saturated heterocycles. The summed E-state index contributed by atoms with van der Waals surface area (Å²) in [5, 5.41) is 9.17. The lowest BCUT2D eigenvalue weighted by molar-refractivity contribution is -0.221. The van der Waals surface area contributed by atoms with Gasteiger partial charge in [0.2, 0.25) is 0 Å². The standard InChI is InChI=1S/C19H30O3.C17H32O2.C14H28O2/c1-12(2)17-19(13(3)4,14(5)6)22-18(21-17)16-9-7-15(11-20)8-10-16;1-12(2)15-17(13(3)4,14(5)6)19-16(18-15)10-8-7-9-11-16;1-9(2)12-14(10(3)4,11(5)6)16-13(7,8)15-12/h7-10,12-14,17-18,20H,11H2,1-6H3;12-15H,7-11H2,1-6H3;9-12H,1-8H3/t17-,18?;15-;12-/m000/s1. The molecule has 1 spiro atoms. The molecule has 332 valence electrons. The van der Waals surface area contributed by atoms with E-state index in [2.05, 4.69) is 125 Å². The van der Waals surface area contributed by atoms with Crippen molar-refractivity contribution in [3.63, 3.8) is 0 Å². The number of benzene rings is 1. The molecule has 1 aromatic carbocycles. The Kier molecular flexibility index (Phi) is 17.4. The van der Waals surface area contributed by atoms with Crippen molar-refractivity contribution < 1.29 is 33.5 Å². The highest BCUT2D eigenvalue weighted by Crippen LogP contribution is 2.53. The van der Waals surface area contributed by atoms with E-state index in [9.17, 15) is 5.11 Å². The van der Waals surface area contributed by atoms with Crippen LogP contribution in [0, 0.1) is 53.3 Å². The molecule has 0 aromatic heterocycles. The Bertz CT molecular complexity index is 1310. The van der Waals surface area contributed by atoms with Crippen LogP contribution in [0.3, 0.4) is 0 Å². The summed E-state index contributed by atoms with van der Waals surface area (Å²) in [5.74, 6) is 3.30. The number of aliphatic hydroxyl groups excluding tert-OH is 1. The van der Waals surface area contributed by atoms with E-state index in [1.807, 2.05) is 38.1 Å². The molecule has 3 heterocycles. The van der Waals surface area contributed by atoms with Crippen LogP contribution in [0.1, 0.15) is 188 Å². The highest BCUT2D eigenvalue weighted by molar-refractivity contribution is 5.24. The second-order valence-electron chi connectivity index (χ2n) is 21.3. The lowest BCUT2D eigenvalue weighted by Gasteiger charge is -2.42. The van der Waals surface area contributed by atoms with Crippen LogP contribution in [0.25, 0.3) is 0 Å². The van der Waals surface area contributed by atoms with Crippen LogP contribution in [0.15, 0.2) is 24.3 Å². The molecule has 7 heteroatoms. The van der Waals surface area contributed by atoms with E-state index in [-0.39, 0.29) is 53.8 Å². The van der Waals surface area contributed by atoms with Crippen molar-refractivity contribution in [1.29, 1.82) is 0 Å². The van der Waals surface area contributed by atoms with Gasteiger partial charge in [0.25, 0.3) is 0 Å². The normalized spacial score (nSPS) is 27.4. The van der Waals surface area contributed by atoms with E-state index in [4.69, 9.17) is 28.4 Å². The Hall–Kier alpha value is -1.06. The van der Waals surface area contributed by atoms with Crippen LogP contribution < -0.4 is 0 Å². The zero-order chi connectivity index (χ0) is 43.5. The van der Waals surface area contributed by atoms with Crippen molar-refractivity contribution in [2.24, 2.45) is 53.3 Å². The summed E-state index contributed by atoms with van der Waals surface area (Å²) in [5.41, 5.74) is 1.38. The molecule has 5 rings (SSSR count). The van der Waals surface area contributed by atoms with Crippen LogP contribution >= 0.6 is 0 Å². The fourth-order valence-corrected chi connectivity index (χ4v) is 11.1. The first-order chi connectivity index (χ1) is 26.3. The maximum absolute atomic E-state index is 9.17. The maximum Gasteiger partial charge on any atom is 0.185 e. The van der Waals surface area contributed by atoms with Gasteiger partial charge in [0, 0.05) is 18.4 Å². The van der Waals surface area contributed by atoms with Gasteiger partial charge < -0.3 is 33.5 Å². The van der Waals surface area contributed by atoms with Gasteiger partial charge in [-0.25, -0.2) is 0 Å². The summed E-state index contributed by atoms with van der Waals surface area (Å²) in [6.45, 7) is 44.5. The van der Waals surface area contributed by atoms with E-state index in [1.165, 1.54) is 19.3 Å². The summed E-state index contributed by atoms with van der Waals surface area (Å²) in [6.07, 6.45) is 6.15. The minimum atomic E-state index is -0.455. The predicted octanol–water partition coefficient (Wildman–Crippen LogP) is 12.9. The topological polar surface area (TPSA) is 75.6 Å². The summed E-state index contributed by atoms with van der Waals surface area (Å²) in [6, 6.07) is 7.84. The van der Waals surface area contributed by atoms with Crippen molar-refractivity contribution in [1.82, 2.24) is 0 Å². The first-order valence-electron chi connectivity index (χ1n) is 23.1. The number of hydrogen-bond acceptors (Lipinski definition) is 7. The van der Waals surface area contributed by atoms with Crippen LogP contribution in [-0.2, 0) is 35.0 Å². The largest absolute Gasteiger partial charge is 0.392 e. The van der Waals surface area contributed by atoms with Gasteiger partial charge in [-0.3, -0.25) is 0 Å². The minimum absolute atomic E-state index is 0.0587. The molecule has 1 unspecified atom stereocenters. The Balaban J connectivity index is 0.000000232. The molecule has 7 nitrogen and oxygen atoms in total. The highest BCUT2D eigenvalue weighted by Gasteiger charge is 2.61. The molecule has 0 radical (unpaired) electrons. The molecule has 0 bridgehead atoms. The first kappa shape index (κ1) is 50.3. The van der Waals surface area contributed by atoms with E-state index < -0.39 is 5.79 Å². The SMILES string of the molecule is CC(C)[C@@H]1OC(C)(C)OC1(C(C)C)C(C)C.CC(C)[C@@H]1OC(c2ccc(CO)cc2)OC1(C(C)C)C(C)C.CC(C)[C@@H]1OC2(CCCCC2)OC1(C(C)C)C(C)C. The monoisotopic (exact) mass is 803 g/mol. The van der Waals surface area contributed by atoms with Crippen molar-refractivity contribution in [3.8, 4) is 0 Å². The van der Waals surface area contributed by atoms with Crippen molar-refractivity contribution in [2.75, 3.05) is 0 Å². The highest BCUT2D eigenvalue weighted by atomic mass is 16.8. The van der Waals surface area contributed by atoms with Gasteiger partial charge in [0.15, 0.2) is 17.9 Å². The van der Waals surface area contributed by atoms with Crippen LogP contribution in [0.2, 0.25) is 0 Å². The van der Waals surface area contributed by atoms with Gasteiger partial charge in [0.1, 0.15) is 16.8 Å². The van der Waals surface area contributed by atoms with Gasteiger partial charge in [-0.15, -0.1) is 0 Å². The van der Waals surface area contributed by atoms with E-state index in [1.54, 1.807) is 0 Å². The van der Waals surface area contributed by atoms with Gasteiger partial charge >= 0.3 is 0 Å². The number of aliphatic hydroxyl groups is 1. The molecule has 4 fully saturated rings. The van der Waals surface area contributed by atoms with Crippen molar-refractivity contribution in [3.05, 3.63) is 35.4 Å². The summed E-state index contributed by atoms with van der Waals surface area (Å²) in [4.78, 5) is 0. The van der Waals surface area contributed by atoms with Crippen molar-refractivity contribution >= 4 is 0 Å². The second kappa shape index (κ2) is 19.8. The third kappa shape index (κ3) is 10.4. The minimum Gasteiger partial charge on any atom is -0.392 e. The third-order valence-electron chi connectivity index (χ3n) is 13.7. The Morgan fingerprint density at radius 1 is 0.509 bits per heavy atom. The van der Waals surface area contributed by atoms with Crippen LogP contribution in [-0.4, -0.2) is 51.8 Å². The summed E-state index contributed by atoms with van der Waals surface area (Å²) in [7, 11) is 0. The fraction of sp³-hybridized carbons (Fsp3) is 0.880. The molecule has 3 aliphatic heterocycles. The van der Waals surface area contributed by atoms with Gasteiger partial charge in [0.05, 0.1) is 24.9 Å². The zero-order valence-electron chi connectivity index (χ0n) is 40.5. The number of hydrogen-bond donors (Lipinski definition) is 1. The predicted molar refractivity (Wildman–Crippen MR) is 235 cm³/mol. The maximum atomic E-state index is 9.17. The Morgan fingerprint density at radius 2 is 0.912 bits per heavy atom. The molecule has 4 atom stereocenters. The fourth-order valence-electron chi connectivity index (χ4n) is 11.1. The molecule has 1 saturated carbocycles. The van der Waals surface area contributed by atoms with Crippen molar-refractivity contribution in [2.45, 2.75) is 230 Å². The molecular formula is C50H90O7. The first-order valence-corrected chi connectivity index (χ1v) is 23.1. The second-order valence-corrected chi connectivity index (χ2v) is 21.3. The van der Waals surface area contributed by atoms with Crippen LogP contribution in [0.5, 0.6) is 0 Å². The van der Waals surface area contributed by atoms with E-state index in [0.717, 1.165) is 24.0 Å². The van der Waals surface area contributed by atoms with E-state index in [0.29, 0.717) is 53.3 Å². The average molecular weight is 803 g/mol. The smallest absolute Gasteiger partial charge is 0.185 e. The zero-order valence-corrected chi connectivity index (χ0v) is 40.5. The quantitative estimate of drug-likeness (QED) is 0.239. The summed E-state index contributed by atoms with van der Waals surface area (Å²) < 4.78 is 38.6. The Morgan fingerprint density at radius 3 is 1.25 bits per heavy atom. The van der Waals surface area contributed by atoms with Gasteiger partial charge in [-0.05, 0) is 85.5 Å². The van der Waals surface area contributed by atoms with E-state index >= 15 is 0 Å². The molecule has 1 aliphatic carbocycles. The molecule has 1 N–H and O–H groups in total. The number of rotatable bonds is 11. The lowest BCUT2D eigenvalue weighted by atomic mass is 9.73. The lowest BCUT2D eigenvalue weighted by Crippen LogP contribution is -2.52. The molecule has 1 aromatic rings. The van der Waals surface area contributed by atoms with Crippen LogP contribution in [0.4, 0.5) is 0 Å². The Labute approximate surface area is 351 Å². The molecule has 57 heavy (non-hydrogen) atoms. The molecule has 4 aliphatic rings. The summed E-state index contributed by atoms with van der Waals surface area (Å²) >= 11 is 0. The third-order valence-corrected chi connectivity index (χ3v) is 13.7. The molecular weight excluding hydrogens is 713 g/mol. The number of ether oxygens (including phenoxy) is 6. The van der Waals surface area contributed by atoms with Gasteiger partial charge in [-0.1, -0.05) is 155 Å². The van der Waals surface area contributed by atoms with Gasteiger partial charge in [-0.2, -0.15) is 0 Å². The molecule has 0 amide bonds.